The van der Waals surface area contributed by atoms with E-state index in [9.17, 15) is 26.0 Å². The molecule has 0 aromatic rings. The lowest BCUT2D eigenvalue weighted by molar-refractivity contribution is -0.220. The van der Waals surface area contributed by atoms with Gasteiger partial charge in [-0.3, -0.25) is 0 Å². The molecule has 0 heterocycles. The smallest absolute Gasteiger partial charge is 0.332 e. The fraction of sp³-hybridized carbons (Fsp3) is 1.00. The maximum Gasteiger partial charge on any atom is 0.332 e. The van der Waals surface area contributed by atoms with Gasteiger partial charge in [0.2, 0.25) is 0 Å². The van der Waals surface area contributed by atoms with Crippen molar-refractivity contribution in [1.29, 1.82) is 0 Å². The van der Waals surface area contributed by atoms with Crippen LogP contribution in [-0.4, -0.2) is 39.1 Å². The molecule has 0 aromatic heterocycles. The summed E-state index contributed by atoms with van der Waals surface area (Å²) in [4.78, 5) is 0. The molecule has 0 atom stereocenters. The Kier molecular flexibility index (Phi) is 3.91. The van der Waals surface area contributed by atoms with Crippen molar-refractivity contribution in [2.24, 2.45) is 0 Å². The number of hydrogen-bond acceptors (Lipinski definition) is 3. The average Bonchev–Trinajstić information content (AvgIpc) is 1.80. The molecular formula is C6H10F4O3S. The van der Waals surface area contributed by atoms with E-state index < -0.39 is 34.2 Å². The predicted molar refractivity (Wildman–Crippen MR) is 41.2 cm³/mol. The second-order valence-electron chi connectivity index (χ2n) is 2.98. The molecule has 0 rings (SSSR count). The molecule has 0 unspecified atom stereocenters. The lowest BCUT2D eigenvalue weighted by atomic mass is 10.2. The maximum absolute atomic E-state index is 12.4. The van der Waals surface area contributed by atoms with Gasteiger partial charge in [-0.1, -0.05) is 0 Å². The minimum absolute atomic E-state index is 0.0385. The summed E-state index contributed by atoms with van der Waals surface area (Å²) in [5, 5.41) is 0. The Morgan fingerprint density at radius 3 is 1.93 bits per heavy atom. The Bertz CT molecular complexity index is 280. The summed E-state index contributed by atoms with van der Waals surface area (Å²) in [6.07, 6.45) is 0.745. The maximum atomic E-state index is 12.4. The molecule has 8 heteroatoms. The van der Waals surface area contributed by atoms with Gasteiger partial charge in [-0.2, -0.15) is 8.78 Å². The van der Waals surface area contributed by atoms with E-state index in [1.54, 1.807) is 0 Å². The molecule has 0 aliphatic heterocycles. The van der Waals surface area contributed by atoms with Crippen molar-refractivity contribution in [3.05, 3.63) is 0 Å². The summed E-state index contributed by atoms with van der Waals surface area (Å²) in [7, 11) is -3.59. The van der Waals surface area contributed by atoms with Gasteiger partial charge in [-0.25, -0.2) is 17.2 Å². The summed E-state index contributed by atoms with van der Waals surface area (Å²) in [5.74, 6) is -9.60. The number of ether oxygens (including phenoxy) is 1. The van der Waals surface area contributed by atoms with E-state index >= 15 is 0 Å². The lowest BCUT2D eigenvalue weighted by Crippen LogP contribution is -2.42. The molecule has 0 aromatic carbocycles. The molecule has 0 bridgehead atoms. The number of sulfone groups is 1. The van der Waals surface area contributed by atoms with E-state index in [0.717, 1.165) is 6.26 Å². The van der Waals surface area contributed by atoms with Crippen LogP contribution >= 0.6 is 0 Å². The van der Waals surface area contributed by atoms with Gasteiger partial charge in [0.1, 0.15) is 12.5 Å². The quantitative estimate of drug-likeness (QED) is 0.678. The molecule has 0 spiro atoms. The van der Waals surface area contributed by atoms with E-state index in [0.29, 0.717) is 0 Å². The third-order valence-electron chi connectivity index (χ3n) is 1.22. The van der Waals surface area contributed by atoms with Crippen molar-refractivity contribution in [2.75, 3.05) is 18.8 Å². The van der Waals surface area contributed by atoms with Crippen molar-refractivity contribution in [2.45, 2.75) is 18.8 Å². The molecule has 14 heavy (non-hydrogen) atoms. The van der Waals surface area contributed by atoms with Gasteiger partial charge in [0.05, 0.1) is 0 Å². The van der Waals surface area contributed by atoms with E-state index in [2.05, 4.69) is 4.74 Å². The number of rotatable bonds is 5. The SMILES string of the molecule is CC(F)(F)C(F)(F)COCS(C)(=O)=O. The van der Waals surface area contributed by atoms with Crippen molar-refractivity contribution >= 4 is 9.84 Å². The second kappa shape index (κ2) is 4.01. The van der Waals surface area contributed by atoms with E-state index in [1.807, 2.05) is 0 Å². The number of halogens is 4. The first-order valence-corrected chi connectivity index (χ1v) is 5.53. The summed E-state index contributed by atoms with van der Waals surface area (Å²) < 4.78 is 73.9. The molecule has 0 aliphatic rings. The van der Waals surface area contributed by atoms with Gasteiger partial charge in [0.25, 0.3) is 0 Å². The highest BCUT2D eigenvalue weighted by Gasteiger charge is 2.52. The average molecular weight is 238 g/mol. The van der Waals surface area contributed by atoms with Crippen LogP contribution in [0.25, 0.3) is 0 Å². The zero-order valence-electron chi connectivity index (χ0n) is 7.56. The third kappa shape index (κ3) is 4.75. The van der Waals surface area contributed by atoms with Crippen molar-refractivity contribution in [3.63, 3.8) is 0 Å². The minimum atomic E-state index is -4.36. The van der Waals surface area contributed by atoms with Crippen molar-refractivity contribution < 1.29 is 30.7 Å². The molecule has 0 saturated heterocycles. The van der Waals surface area contributed by atoms with Gasteiger partial charge in [0.15, 0.2) is 9.84 Å². The Hall–Kier alpha value is -0.370. The fourth-order valence-corrected chi connectivity index (χ4v) is 0.834. The monoisotopic (exact) mass is 238 g/mol. The first kappa shape index (κ1) is 13.6. The Labute approximate surface area is 79.0 Å². The standard InChI is InChI=1S/C6H10F4O3S/c1-5(7,8)6(9,10)3-13-4-14(2,11)12/h3-4H2,1-2H3. The van der Waals surface area contributed by atoms with Crippen LogP contribution in [0, 0.1) is 0 Å². The first-order valence-electron chi connectivity index (χ1n) is 3.47. The van der Waals surface area contributed by atoms with Crippen LogP contribution in [0.5, 0.6) is 0 Å². The first-order chi connectivity index (χ1) is 5.96. The number of hydrogen-bond donors (Lipinski definition) is 0. The van der Waals surface area contributed by atoms with Crippen molar-refractivity contribution in [1.82, 2.24) is 0 Å². The Morgan fingerprint density at radius 2 is 1.64 bits per heavy atom. The summed E-state index contributed by atoms with van der Waals surface area (Å²) in [5.41, 5.74) is 0. The molecular weight excluding hydrogens is 228 g/mol. The van der Waals surface area contributed by atoms with Crippen LogP contribution in [-0.2, 0) is 14.6 Å². The summed E-state index contributed by atoms with van der Waals surface area (Å²) in [6.45, 7) is -1.58. The van der Waals surface area contributed by atoms with Gasteiger partial charge >= 0.3 is 11.8 Å². The summed E-state index contributed by atoms with van der Waals surface area (Å²) in [6, 6.07) is 0. The van der Waals surface area contributed by atoms with Crippen LogP contribution in [0.15, 0.2) is 0 Å². The molecule has 0 saturated carbocycles. The van der Waals surface area contributed by atoms with Crippen LogP contribution in [0.4, 0.5) is 17.6 Å². The van der Waals surface area contributed by atoms with Crippen LogP contribution in [0.2, 0.25) is 0 Å². The highest BCUT2D eigenvalue weighted by molar-refractivity contribution is 7.90. The van der Waals surface area contributed by atoms with E-state index in [1.165, 1.54) is 0 Å². The molecule has 0 N–H and O–H groups in total. The molecule has 86 valence electrons. The van der Waals surface area contributed by atoms with E-state index in [-0.39, 0.29) is 6.92 Å². The van der Waals surface area contributed by atoms with Gasteiger partial charge < -0.3 is 4.74 Å². The molecule has 0 radical (unpaired) electrons. The van der Waals surface area contributed by atoms with Gasteiger partial charge in [-0.15, -0.1) is 0 Å². The second-order valence-corrected chi connectivity index (χ2v) is 5.07. The fourth-order valence-electron chi connectivity index (χ4n) is 0.448. The third-order valence-corrected chi connectivity index (χ3v) is 1.82. The largest absolute Gasteiger partial charge is 0.359 e. The molecule has 0 fully saturated rings. The molecule has 0 amide bonds. The highest BCUT2D eigenvalue weighted by atomic mass is 32.2. The van der Waals surface area contributed by atoms with E-state index in [4.69, 9.17) is 0 Å². The highest BCUT2D eigenvalue weighted by Crippen LogP contribution is 2.33. The van der Waals surface area contributed by atoms with Crippen LogP contribution in [0.3, 0.4) is 0 Å². The minimum Gasteiger partial charge on any atom is -0.359 e. The van der Waals surface area contributed by atoms with Gasteiger partial charge in [0, 0.05) is 13.2 Å². The molecule has 0 aliphatic carbocycles. The Balaban J connectivity index is 4.15. The Morgan fingerprint density at radius 1 is 1.21 bits per heavy atom. The normalized spacial score (nSPS) is 14.4. The summed E-state index contributed by atoms with van der Waals surface area (Å²) >= 11 is 0. The lowest BCUT2D eigenvalue weighted by Gasteiger charge is -2.22. The van der Waals surface area contributed by atoms with Gasteiger partial charge in [-0.05, 0) is 0 Å². The van der Waals surface area contributed by atoms with Crippen LogP contribution in [0.1, 0.15) is 6.92 Å². The zero-order valence-corrected chi connectivity index (χ0v) is 8.38. The molecule has 3 nitrogen and oxygen atoms in total. The number of alkyl halides is 4. The van der Waals surface area contributed by atoms with Crippen molar-refractivity contribution in [3.8, 4) is 0 Å². The predicted octanol–water partition coefficient (Wildman–Crippen LogP) is 1.30. The zero-order chi connectivity index (χ0) is 11.6. The van der Waals surface area contributed by atoms with Crippen LogP contribution < -0.4 is 0 Å². The topological polar surface area (TPSA) is 43.4 Å².